The quantitative estimate of drug-likeness (QED) is 0.466. The average molecular weight is 377 g/mol. The van der Waals surface area contributed by atoms with Gasteiger partial charge in [0.2, 0.25) is 11.8 Å². The van der Waals surface area contributed by atoms with Gasteiger partial charge in [-0.1, -0.05) is 32.0 Å². The number of nitrogens with zero attached hydrogens (tertiary/aromatic N) is 1. The third kappa shape index (κ3) is 5.27. The number of ether oxygens (including phenoxy) is 1. The van der Waals surface area contributed by atoms with Crippen LogP contribution in [0.1, 0.15) is 32.3 Å². The molecule has 0 radical (unpaired) electrons. The minimum atomic E-state index is -0.727. The molecule has 1 aliphatic heterocycles. The summed E-state index contributed by atoms with van der Waals surface area (Å²) in [4.78, 5) is 38.6. The number of nitrogens with one attached hydrogen (secondary N) is 2. The van der Waals surface area contributed by atoms with Crippen LogP contribution >= 0.6 is 0 Å². The summed E-state index contributed by atoms with van der Waals surface area (Å²) in [5.74, 6) is -1.70. The first kappa shape index (κ1) is 20.9. The molecule has 1 aromatic carbocycles. The van der Waals surface area contributed by atoms with E-state index in [9.17, 15) is 14.4 Å². The predicted molar refractivity (Wildman–Crippen MR) is 98.9 cm³/mol. The maximum Gasteiger partial charge on any atom is 0.251 e. The molecule has 0 saturated carbocycles. The monoisotopic (exact) mass is 377 g/mol. The molecule has 2 atom stereocenters. The summed E-state index contributed by atoms with van der Waals surface area (Å²) in [5.41, 5.74) is 3.27. The van der Waals surface area contributed by atoms with Crippen LogP contribution in [-0.2, 0) is 25.5 Å². The van der Waals surface area contributed by atoms with Gasteiger partial charge in [-0.25, -0.2) is 5.48 Å². The lowest BCUT2D eigenvalue weighted by atomic mass is 9.91. The number of carbonyl (C=O) groups is 3. The molecule has 3 N–H and O–H groups in total. The first-order valence-corrected chi connectivity index (χ1v) is 8.98. The summed E-state index contributed by atoms with van der Waals surface area (Å²) in [6.45, 7) is 3.98. The van der Waals surface area contributed by atoms with Crippen molar-refractivity contribution in [2.24, 2.45) is 11.8 Å². The Morgan fingerprint density at radius 3 is 2.67 bits per heavy atom. The van der Waals surface area contributed by atoms with Crippen molar-refractivity contribution in [2.45, 2.75) is 39.2 Å². The summed E-state index contributed by atoms with van der Waals surface area (Å²) >= 11 is 0. The van der Waals surface area contributed by atoms with Gasteiger partial charge in [-0.05, 0) is 24.0 Å². The molecule has 27 heavy (non-hydrogen) atoms. The fraction of sp³-hybridized carbons (Fsp3) is 0.526. The standard InChI is InChI=1S/C19H27N3O5/c1-12(2)8-14(10-17(23)21-26)18(24)20-15-9-13-6-4-5-7-16(13)22(11-27-3)19(15)25/h4-7,12,14-15,26H,8-11H2,1-3H3,(H,20,24)(H,21,23)/t14-,15+/m1/s1. The topological polar surface area (TPSA) is 108 Å². The van der Waals surface area contributed by atoms with E-state index in [0.717, 1.165) is 11.3 Å². The van der Waals surface area contributed by atoms with Crippen LogP contribution in [0.25, 0.3) is 0 Å². The van der Waals surface area contributed by atoms with E-state index in [2.05, 4.69) is 5.32 Å². The molecule has 0 bridgehead atoms. The van der Waals surface area contributed by atoms with Gasteiger partial charge in [0.1, 0.15) is 12.8 Å². The molecule has 2 rings (SSSR count). The number of rotatable bonds is 8. The lowest BCUT2D eigenvalue weighted by Crippen LogP contribution is -2.54. The van der Waals surface area contributed by atoms with Crippen molar-refractivity contribution in [2.75, 3.05) is 18.7 Å². The van der Waals surface area contributed by atoms with Crippen LogP contribution in [0.2, 0.25) is 0 Å². The second-order valence-electron chi connectivity index (χ2n) is 7.14. The molecule has 8 nitrogen and oxygen atoms in total. The van der Waals surface area contributed by atoms with Gasteiger partial charge < -0.3 is 10.1 Å². The Bertz CT molecular complexity index is 692. The van der Waals surface area contributed by atoms with Gasteiger partial charge in [0.15, 0.2) is 0 Å². The molecule has 0 saturated heterocycles. The molecule has 0 unspecified atom stereocenters. The van der Waals surface area contributed by atoms with Gasteiger partial charge in [0.25, 0.3) is 5.91 Å². The Balaban J connectivity index is 2.17. The normalized spacial score (nSPS) is 17.4. The lowest BCUT2D eigenvalue weighted by Gasteiger charge is -2.34. The van der Waals surface area contributed by atoms with Crippen LogP contribution < -0.4 is 15.7 Å². The summed E-state index contributed by atoms with van der Waals surface area (Å²) in [7, 11) is 1.50. The van der Waals surface area contributed by atoms with Gasteiger partial charge >= 0.3 is 0 Å². The van der Waals surface area contributed by atoms with Gasteiger partial charge in [-0.2, -0.15) is 0 Å². The lowest BCUT2D eigenvalue weighted by molar-refractivity contribution is -0.136. The highest BCUT2D eigenvalue weighted by Crippen LogP contribution is 2.28. The number of hydrogen-bond acceptors (Lipinski definition) is 5. The van der Waals surface area contributed by atoms with Crippen LogP contribution in [0, 0.1) is 11.8 Å². The van der Waals surface area contributed by atoms with Crippen LogP contribution in [0.15, 0.2) is 24.3 Å². The number of carbonyl (C=O) groups excluding carboxylic acids is 3. The SMILES string of the molecule is COCN1C(=O)[C@@H](NC(=O)[C@@H](CC(=O)NO)CC(C)C)Cc2ccccc21. The van der Waals surface area contributed by atoms with Crippen molar-refractivity contribution in [3.05, 3.63) is 29.8 Å². The molecular weight excluding hydrogens is 350 g/mol. The summed E-state index contributed by atoms with van der Waals surface area (Å²) in [6.07, 6.45) is 0.708. The first-order chi connectivity index (χ1) is 12.9. The Hall–Kier alpha value is -2.45. The fourth-order valence-corrected chi connectivity index (χ4v) is 3.35. The molecule has 3 amide bonds. The van der Waals surface area contributed by atoms with Crippen molar-refractivity contribution < 1.29 is 24.3 Å². The molecule has 1 aliphatic rings. The predicted octanol–water partition coefficient (Wildman–Crippen LogP) is 1.22. The highest BCUT2D eigenvalue weighted by atomic mass is 16.5. The molecule has 0 aromatic heterocycles. The Labute approximate surface area is 158 Å². The number of hydrogen-bond donors (Lipinski definition) is 3. The van der Waals surface area contributed by atoms with E-state index in [4.69, 9.17) is 9.94 Å². The van der Waals surface area contributed by atoms with Crippen LogP contribution in [-0.4, -0.2) is 42.8 Å². The number of anilines is 1. The maximum absolute atomic E-state index is 12.8. The van der Waals surface area contributed by atoms with E-state index >= 15 is 0 Å². The zero-order valence-corrected chi connectivity index (χ0v) is 15.9. The van der Waals surface area contributed by atoms with E-state index < -0.39 is 17.9 Å². The van der Waals surface area contributed by atoms with Crippen molar-refractivity contribution in [1.82, 2.24) is 10.8 Å². The van der Waals surface area contributed by atoms with E-state index in [0.29, 0.717) is 12.8 Å². The van der Waals surface area contributed by atoms with E-state index in [-0.39, 0.29) is 30.9 Å². The number of methoxy groups -OCH3 is 1. The minimum absolute atomic E-state index is 0.0879. The van der Waals surface area contributed by atoms with Crippen LogP contribution in [0.5, 0.6) is 0 Å². The maximum atomic E-state index is 12.8. The largest absolute Gasteiger partial charge is 0.364 e. The third-order valence-electron chi connectivity index (χ3n) is 4.53. The van der Waals surface area contributed by atoms with Gasteiger partial charge in [0.05, 0.1) is 0 Å². The molecule has 0 aliphatic carbocycles. The highest BCUT2D eigenvalue weighted by molar-refractivity contribution is 6.02. The van der Waals surface area contributed by atoms with Gasteiger partial charge in [-0.15, -0.1) is 0 Å². The molecule has 8 heteroatoms. The number of amides is 3. The van der Waals surface area contributed by atoms with Crippen molar-refractivity contribution in [3.8, 4) is 0 Å². The zero-order chi connectivity index (χ0) is 20.0. The summed E-state index contributed by atoms with van der Waals surface area (Å²) in [6, 6.07) is 6.76. The third-order valence-corrected chi connectivity index (χ3v) is 4.53. The number of fused-ring (bicyclic) bond motifs is 1. The first-order valence-electron chi connectivity index (χ1n) is 8.98. The minimum Gasteiger partial charge on any atom is -0.364 e. The summed E-state index contributed by atoms with van der Waals surface area (Å²) < 4.78 is 5.14. The number of benzene rings is 1. The smallest absolute Gasteiger partial charge is 0.251 e. The fourth-order valence-electron chi connectivity index (χ4n) is 3.35. The van der Waals surface area contributed by atoms with Crippen molar-refractivity contribution in [1.29, 1.82) is 0 Å². The molecule has 1 heterocycles. The molecule has 0 fully saturated rings. The van der Waals surface area contributed by atoms with Gasteiger partial charge in [-0.3, -0.25) is 24.5 Å². The van der Waals surface area contributed by atoms with Crippen LogP contribution in [0.4, 0.5) is 5.69 Å². The van der Waals surface area contributed by atoms with Gasteiger partial charge in [0, 0.05) is 31.6 Å². The molecular formula is C19H27N3O5. The molecule has 148 valence electrons. The van der Waals surface area contributed by atoms with E-state index in [1.165, 1.54) is 12.0 Å². The zero-order valence-electron chi connectivity index (χ0n) is 15.9. The second kappa shape index (κ2) is 9.48. The Morgan fingerprint density at radius 2 is 2.04 bits per heavy atom. The van der Waals surface area contributed by atoms with Crippen LogP contribution in [0.3, 0.4) is 0 Å². The van der Waals surface area contributed by atoms with E-state index in [1.54, 1.807) is 5.48 Å². The average Bonchev–Trinajstić information content (AvgIpc) is 2.64. The van der Waals surface area contributed by atoms with Crippen molar-refractivity contribution in [3.63, 3.8) is 0 Å². The molecule has 1 aromatic rings. The Morgan fingerprint density at radius 1 is 1.33 bits per heavy atom. The Kier molecular flexibility index (Phi) is 7.32. The number of para-hydroxylation sites is 1. The van der Waals surface area contributed by atoms with E-state index in [1.807, 2.05) is 38.1 Å². The highest BCUT2D eigenvalue weighted by Gasteiger charge is 2.35. The summed E-state index contributed by atoms with van der Waals surface area (Å²) in [5, 5.41) is 11.5. The molecule has 0 spiro atoms. The van der Waals surface area contributed by atoms with Crippen molar-refractivity contribution >= 4 is 23.4 Å². The second-order valence-corrected chi connectivity index (χ2v) is 7.14. The number of hydroxylamine groups is 1.